The van der Waals surface area contributed by atoms with Crippen molar-refractivity contribution in [2.24, 2.45) is 0 Å². The molecule has 2 rings (SSSR count). The summed E-state index contributed by atoms with van der Waals surface area (Å²) in [6, 6.07) is 9.27. The van der Waals surface area contributed by atoms with Crippen LogP contribution in [0.25, 0.3) is 11.3 Å². The number of ether oxygens (including phenoxy) is 1. The number of aldehydes is 1. The Morgan fingerprint density at radius 3 is 2.76 bits per heavy atom. The lowest BCUT2D eigenvalue weighted by Gasteiger charge is -2.08. The topological polar surface area (TPSA) is 39.2 Å². The normalized spacial score (nSPS) is 10.0. The molecule has 0 saturated carbocycles. The molecule has 1 aromatic heterocycles. The number of nitrogens with zero attached hydrogens (tertiary/aromatic N) is 1. The van der Waals surface area contributed by atoms with E-state index in [4.69, 9.17) is 4.74 Å². The van der Waals surface area contributed by atoms with Gasteiger partial charge in [-0.3, -0.25) is 9.78 Å². The fourth-order valence-electron chi connectivity index (χ4n) is 1.78. The molecule has 3 heteroatoms. The zero-order valence-corrected chi connectivity index (χ0v) is 9.81. The quantitative estimate of drug-likeness (QED) is 0.757. The molecule has 86 valence electrons. The van der Waals surface area contributed by atoms with Crippen LogP contribution >= 0.6 is 0 Å². The second-order valence-corrected chi connectivity index (χ2v) is 3.74. The van der Waals surface area contributed by atoms with E-state index in [0.717, 1.165) is 23.2 Å². The first kappa shape index (κ1) is 11.3. The Morgan fingerprint density at radius 1 is 1.29 bits per heavy atom. The highest BCUT2D eigenvalue weighted by molar-refractivity contribution is 5.85. The highest BCUT2D eigenvalue weighted by atomic mass is 16.5. The third kappa shape index (κ3) is 2.18. The molecule has 0 saturated heterocycles. The van der Waals surface area contributed by atoms with Gasteiger partial charge in [0.15, 0.2) is 6.29 Å². The van der Waals surface area contributed by atoms with Crippen LogP contribution in [-0.2, 0) is 0 Å². The van der Waals surface area contributed by atoms with Crippen molar-refractivity contribution < 1.29 is 9.53 Å². The summed E-state index contributed by atoms with van der Waals surface area (Å²) < 4.78 is 5.20. The summed E-state index contributed by atoms with van der Waals surface area (Å²) in [4.78, 5) is 15.2. The summed E-state index contributed by atoms with van der Waals surface area (Å²) >= 11 is 0. The van der Waals surface area contributed by atoms with Crippen molar-refractivity contribution in [1.29, 1.82) is 0 Å². The van der Waals surface area contributed by atoms with Gasteiger partial charge in [0, 0.05) is 17.3 Å². The predicted octanol–water partition coefficient (Wildman–Crippen LogP) is 2.88. The summed E-state index contributed by atoms with van der Waals surface area (Å²) in [5, 5.41) is 0. The zero-order valence-electron chi connectivity index (χ0n) is 9.81. The molecule has 1 heterocycles. The molecule has 0 spiro atoms. The Hall–Kier alpha value is -2.16. The van der Waals surface area contributed by atoms with E-state index in [1.54, 1.807) is 25.4 Å². The van der Waals surface area contributed by atoms with Crippen LogP contribution in [0.2, 0.25) is 0 Å². The Labute approximate surface area is 100 Å². The van der Waals surface area contributed by atoms with Crippen molar-refractivity contribution in [3.05, 3.63) is 47.7 Å². The molecular weight excluding hydrogens is 214 g/mol. The molecule has 0 N–H and O–H groups in total. The van der Waals surface area contributed by atoms with Gasteiger partial charge in [0.05, 0.1) is 12.8 Å². The minimum Gasteiger partial charge on any atom is -0.496 e. The minimum atomic E-state index is 0.595. The highest BCUT2D eigenvalue weighted by Crippen LogP contribution is 2.26. The summed E-state index contributed by atoms with van der Waals surface area (Å²) in [5.74, 6) is 0.831. The number of aromatic nitrogens is 1. The molecule has 1 aromatic carbocycles. The lowest BCUT2D eigenvalue weighted by atomic mass is 10.0. The van der Waals surface area contributed by atoms with Crippen molar-refractivity contribution in [2.45, 2.75) is 6.92 Å². The fourth-order valence-corrected chi connectivity index (χ4v) is 1.78. The predicted molar refractivity (Wildman–Crippen MR) is 66.3 cm³/mol. The number of carbonyl (C=O) groups is 1. The van der Waals surface area contributed by atoms with E-state index in [1.165, 1.54) is 0 Å². The number of rotatable bonds is 3. The largest absolute Gasteiger partial charge is 0.496 e. The molecular formula is C14H13NO2. The van der Waals surface area contributed by atoms with Crippen LogP contribution in [-0.4, -0.2) is 18.4 Å². The second kappa shape index (κ2) is 4.78. The van der Waals surface area contributed by atoms with E-state index >= 15 is 0 Å². The van der Waals surface area contributed by atoms with Gasteiger partial charge in [-0.1, -0.05) is 0 Å². The molecule has 0 aliphatic heterocycles. The molecule has 0 bridgehead atoms. The first-order valence-corrected chi connectivity index (χ1v) is 5.31. The molecule has 2 aromatic rings. The Bertz CT molecular complexity index is 550. The average Bonchev–Trinajstić information content (AvgIpc) is 2.38. The van der Waals surface area contributed by atoms with Gasteiger partial charge in [0.2, 0.25) is 0 Å². The summed E-state index contributed by atoms with van der Waals surface area (Å²) in [5.41, 5.74) is 3.24. The molecule has 0 aliphatic carbocycles. The third-order valence-electron chi connectivity index (χ3n) is 2.63. The maximum absolute atomic E-state index is 10.9. The lowest BCUT2D eigenvalue weighted by Crippen LogP contribution is -1.93. The standard InChI is InChI=1S/C14H13NO2/c1-10-8-11(5-6-13(10)17-2)14-12(9-16)4-3-7-15-14/h3-9H,1-2H3. The fraction of sp³-hybridized carbons (Fsp3) is 0.143. The molecule has 17 heavy (non-hydrogen) atoms. The monoisotopic (exact) mass is 227 g/mol. The first-order valence-electron chi connectivity index (χ1n) is 5.31. The number of aryl methyl sites for hydroxylation is 1. The van der Waals surface area contributed by atoms with Crippen molar-refractivity contribution in [3.8, 4) is 17.0 Å². The van der Waals surface area contributed by atoms with Gasteiger partial charge in [-0.15, -0.1) is 0 Å². The van der Waals surface area contributed by atoms with E-state index in [2.05, 4.69) is 4.98 Å². The van der Waals surface area contributed by atoms with Gasteiger partial charge in [0.25, 0.3) is 0 Å². The summed E-state index contributed by atoms with van der Waals surface area (Å²) in [6.07, 6.45) is 2.50. The zero-order chi connectivity index (χ0) is 12.3. The smallest absolute Gasteiger partial charge is 0.152 e. The average molecular weight is 227 g/mol. The number of carbonyl (C=O) groups excluding carboxylic acids is 1. The molecule has 0 fully saturated rings. The number of methoxy groups -OCH3 is 1. The van der Waals surface area contributed by atoms with Crippen LogP contribution in [0.5, 0.6) is 5.75 Å². The van der Waals surface area contributed by atoms with Crippen LogP contribution in [0.4, 0.5) is 0 Å². The molecule has 0 amide bonds. The number of hydrogen-bond donors (Lipinski definition) is 0. The molecule has 0 aliphatic rings. The molecule has 3 nitrogen and oxygen atoms in total. The van der Waals surface area contributed by atoms with Gasteiger partial charge in [-0.05, 0) is 42.8 Å². The number of pyridine rings is 1. The van der Waals surface area contributed by atoms with Gasteiger partial charge < -0.3 is 4.74 Å². The van der Waals surface area contributed by atoms with E-state index in [-0.39, 0.29) is 0 Å². The van der Waals surface area contributed by atoms with Gasteiger partial charge in [-0.25, -0.2) is 0 Å². The molecule has 0 unspecified atom stereocenters. The van der Waals surface area contributed by atoms with Crippen molar-refractivity contribution in [1.82, 2.24) is 4.98 Å². The van der Waals surface area contributed by atoms with Crippen LogP contribution < -0.4 is 4.74 Å². The first-order chi connectivity index (χ1) is 8.26. The maximum Gasteiger partial charge on any atom is 0.152 e. The Kier molecular flexibility index (Phi) is 3.19. The van der Waals surface area contributed by atoms with Gasteiger partial charge in [0.1, 0.15) is 5.75 Å². The Morgan fingerprint density at radius 2 is 2.12 bits per heavy atom. The number of hydrogen-bond acceptors (Lipinski definition) is 3. The van der Waals surface area contributed by atoms with E-state index in [1.807, 2.05) is 25.1 Å². The van der Waals surface area contributed by atoms with Gasteiger partial charge in [-0.2, -0.15) is 0 Å². The van der Waals surface area contributed by atoms with Crippen LogP contribution in [0.1, 0.15) is 15.9 Å². The van der Waals surface area contributed by atoms with Gasteiger partial charge >= 0.3 is 0 Å². The maximum atomic E-state index is 10.9. The Balaban J connectivity index is 2.53. The molecule has 0 radical (unpaired) electrons. The highest BCUT2D eigenvalue weighted by Gasteiger charge is 2.07. The number of benzene rings is 1. The van der Waals surface area contributed by atoms with E-state index in [9.17, 15) is 4.79 Å². The SMILES string of the molecule is COc1ccc(-c2ncccc2C=O)cc1C. The summed E-state index contributed by atoms with van der Waals surface area (Å²) in [7, 11) is 1.64. The third-order valence-corrected chi connectivity index (χ3v) is 2.63. The van der Waals surface area contributed by atoms with Crippen molar-refractivity contribution in [3.63, 3.8) is 0 Å². The van der Waals surface area contributed by atoms with E-state index < -0.39 is 0 Å². The summed E-state index contributed by atoms with van der Waals surface area (Å²) in [6.45, 7) is 1.96. The minimum absolute atomic E-state index is 0.595. The lowest BCUT2D eigenvalue weighted by molar-refractivity contribution is 0.112. The van der Waals surface area contributed by atoms with E-state index in [0.29, 0.717) is 11.3 Å². The second-order valence-electron chi connectivity index (χ2n) is 3.74. The van der Waals surface area contributed by atoms with Crippen molar-refractivity contribution in [2.75, 3.05) is 7.11 Å². The van der Waals surface area contributed by atoms with Crippen molar-refractivity contribution >= 4 is 6.29 Å². The van der Waals surface area contributed by atoms with Crippen LogP contribution in [0.3, 0.4) is 0 Å². The van der Waals surface area contributed by atoms with Crippen LogP contribution in [0, 0.1) is 6.92 Å². The molecule has 0 atom stereocenters. The van der Waals surface area contributed by atoms with Crippen LogP contribution in [0.15, 0.2) is 36.5 Å².